The van der Waals surface area contributed by atoms with Gasteiger partial charge in [0.2, 0.25) is 10.0 Å². The fraction of sp³-hybridized carbons (Fsp3) is 0.208. The van der Waals surface area contributed by atoms with Gasteiger partial charge in [-0.15, -0.1) is 0 Å². The van der Waals surface area contributed by atoms with Crippen molar-refractivity contribution in [2.24, 2.45) is 0 Å². The lowest BCUT2D eigenvalue weighted by molar-refractivity contribution is -0.118. The largest absolute Gasteiger partial charge is 0.484 e. The third-order valence-corrected chi connectivity index (χ3v) is 6.88. The number of hydrogen-bond donors (Lipinski definition) is 1. The van der Waals surface area contributed by atoms with E-state index >= 15 is 0 Å². The van der Waals surface area contributed by atoms with E-state index < -0.39 is 21.7 Å². The lowest BCUT2D eigenvalue weighted by Crippen LogP contribution is -2.40. The van der Waals surface area contributed by atoms with Gasteiger partial charge in [0.1, 0.15) is 17.3 Å². The van der Waals surface area contributed by atoms with Gasteiger partial charge in [0.05, 0.1) is 23.8 Å². The molecule has 0 saturated carbocycles. The predicted octanol–water partition coefficient (Wildman–Crippen LogP) is 3.66. The SMILES string of the molecule is O=C(COc1ccccc1)Nc1cc(S(=O)(=O)N2CCOCC2)ccc1Oc1ccc(F)cc1. The van der Waals surface area contributed by atoms with Crippen LogP contribution in [-0.4, -0.2) is 51.5 Å². The summed E-state index contributed by atoms with van der Waals surface area (Å²) >= 11 is 0. The Morgan fingerprint density at radius 2 is 1.68 bits per heavy atom. The first-order valence-corrected chi connectivity index (χ1v) is 12.0. The third-order valence-electron chi connectivity index (χ3n) is 4.99. The Hall–Kier alpha value is -3.47. The lowest BCUT2D eigenvalue weighted by Gasteiger charge is -2.26. The molecule has 34 heavy (non-hydrogen) atoms. The Balaban J connectivity index is 1.58. The first-order valence-electron chi connectivity index (χ1n) is 10.5. The molecule has 1 heterocycles. The van der Waals surface area contributed by atoms with E-state index in [9.17, 15) is 17.6 Å². The van der Waals surface area contributed by atoms with Crippen molar-refractivity contribution >= 4 is 21.6 Å². The summed E-state index contributed by atoms with van der Waals surface area (Å²) in [5.74, 6) is 0.102. The molecule has 178 valence electrons. The van der Waals surface area contributed by atoms with Crippen LogP contribution in [0.3, 0.4) is 0 Å². The van der Waals surface area contributed by atoms with Crippen molar-refractivity contribution in [2.45, 2.75) is 4.90 Å². The summed E-state index contributed by atoms with van der Waals surface area (Å²) in [4.78, 5) is 12.6. The number of sulfonamides is 1. The fourth-order valence-corrected chi connectivity index (χ4v) is 4.71. The molecule has 3 aromatic rings. The number of rotatable bonds is 8. The molecule has 0 bridgehead atoms. The highest BCUT2D eigenvalue weighted by Crippen LogP contribution is 2.33. The average Bonchev–Trinajstić information content (AvgIpc) is 2.86. The average molecular weight is 487 g/mol. The number of anilines is 1. The van der Waals surface area contributed by atoms with E-state index in [1.807, 2.05) is 6.07 Å². The van der Waals surface area contributed by atoms with Crippen LogP contribution in [0.25, 0.3) is 0 Å². The Kier molecular flexibility index (Phi) is 7.41. The highest BCUT2D eigenvalue weighted by atomic mass is 32.2. The highest BCUT2D eigenvalue weighted by Gasteiger charge is 2.27. The van der Waals surface area contributed by atoms with E-state index in [2.05, 4.69) is 5.32 Å². The molecular weight excluding hydrogens is 463 g/mol. The molecule has 0 spiro atoms. The Morgan fingerprint density at radius 1 is 0.971 bits per heavy atom. The van der Waals surface area contributed by atoms with Crippen LogP contribution in [0.4, 0.5) is 10.1 Å². The van der Waals surface area contributed by atoms with Gasteiger partial charge in [-0.05, 0) is 54.6 Å². The van der Waals surface area contributed by atoms with Gasteiger partial charge in [-0.3, -0.25) is 4.79 Å². The number of para-hydroxylation sites is 1. The Labute approximate surface area is 196 Å². The van der Waals surface area contributed by atoms with Crippen molar-refractivity contribution in [1.82, 2.24) is 4.31 Å². The molecule has 1 aliphatic heterocycles. The summed E-state index contributed by atoms with van der Waals surface area (Å²) in [6.07, 6.45) is 0. The summed E-state index contributed by atoms with van der Waals surface area (Å²) in [6, 6.07) is 18.3. The number of nitrogens with one attached hydrogen (secondary N) is 1. The Morgan fingerprint density at radius 3 is 2.38 bits per heavy atom. The molecular formula is C24H23FN2O6S. The second-order valence-corrected chi connectivity index (χ2v) is 9.32. The zero-order valence-electron chi connectivity index (χ0n) is 18.1. The number of nitrogens with zero attached hydrogens (tertiary/aromatic N) is 1. The monoisotopic (exact) mass is 486 g/mol. The van der Waals surface area contributed by atoms with E-state index in [-0.39, 0.29) is 36.0 Å². The molecule has 0 aliphatic carbocycles. The van der Waals surface area contributed by atoms with Crippen molar-refractivity contribution < 1.29 is 31.8 Å². The molecule has 4 rings (SSSR count). The first kappa shape index (κ1) is 23.7. The molecule has 0 radical (unpaired) electrons. The smallest absolute Gasteiger partial charge is 0.262 e. The van der Waals surface area contributed by atoms with Crippen LogP contribution in [0.5, 0.6) is 17.2 Å². The third kappa shape index (κ3) is 5.90. The molecule has 0 unspecified atom stereocenters. The topological polar surface area (TPSA) is 94.2 Å². The molecule has 1 aliphatic rings. The van der Waals surface area contributed by atoms with Crippen LogP contribution in [0.2, 0.25) is 0 Å². The molecule has 1 fully saturated rings. The number of halogens is 1. The predicted molar refractivity (Wildman–Crippen MR) is 123 cm³/mol. The van der Waals surface area contributed by atoms with Gasteiger partial charge >= 0.3 is 0 Å². The van der Waals surface area contributed by atoms with E-state index in [1.165, 1.54) is 46.8 Å². The van der Waals surface area contributed by atoms with Gasteiger partial charge < -0.3 is 19.5 Å². The minimum absolute atomic E-state index is 0.000124. The van der Waals surface area contributed by atoms with E-state index in [1.54, 1.807) is 24.3 Å². The van der Waals surface area contributed by atoms with E-state index in [0.717, 1.165) is 0 Å². The van der Waals surface area contributed by atoms with Crippen molar-refractivity contribution in [3.63, 3.8) is 0 Å². The number of morpholine rings is 1. The van der Waals surface area contributed by atoms with E-state index in [0.29, 0.717) is 24.7 Å². The van der Waals surface area contributed by atoms with Crippen LogP contribution in [0.1, 0.15) is 0 Å². The zero-order chi connectivity index (χ0) is 24.0. The number of ether oxygens (including phenoxy) is 3. The number of benzene rings is 3. The molecule has 3 aromatic carbocycles. The molecule has 0 atom stereocenters. The molecule has 10 heteroatoms. The quantitative estimate of drug-likeness (QED) is 0.522. The van der Waals surface area contributed by atoms with Gasteiger partial charge in [-0.1, -0.05) is 18.2 Å². The van der Waals surface area contributed by atoms with Crippen molar-refractivity contribution in [3.05, 3.63) is 78.6 Å². The summed E-state index contributed by atoms with van der Waals surface area (Å²) in [5.41, 5.74) is 0.139. The molecule has 1 amide bonds. The standard InChI is InChI=1S/C24H23FN2O6S/c25-18-6-8-20(9-7-18)33-23-11-10-21(34(29,30)27-12-14-31-15-13-27)16-22(23)26-24(28)17-32-19-4-2-1-3-5-19/h1-11,16H,12-15,17H2,(H,26,28). The van der Waals surface area contributed by atoms with Crippen LogP contribution < -0.4 is 14.8 Å². The maximum Gasteiger partial charge on any atom is 0.262 e. The second-order valence-electron chi connectivity index (χ2n) is 7.38. The van der Waals surface area contributed by atoms with Crippen molar-refractivity contribution in [3.8, 4) is 17.2 Å². The number of carbonyl (C=O) groups is 1. The summed E-state index contributed by atoms with van der Waals surface area (Å²) in [6.45, 7) is 0.808. The molecule has 8 nitrogen and oxygen atoms in total. The lowest BCUT2D eigenvalue weighted by atomic mass is 10.2. The Bertz CT molecular complexity index is 1230. The van der Waals surface area contributed by atoms with Crippen LogP contribution in [0, 0.1) is 5.82 Å². The summed E-state index contributed by atoms with van der Waals surface area (Å²) in [5, 5.41) is 2.66. The van der Waals surface area contributed by atoms with Crippen molar-refractivity contribution in [1.29, 1.82) is 0 Å². The van der Waals surface area contributed by atoms with Gasteiger partial charge in [-0.2, -0.15) is 4.31 Å². The first-order chi connectivity index (χ1) is 16.4. The summed E-state index contributed by atoms with van der Waals surface area (Å²) in [7, 11) is -3.81. The van der Waals surface area contributed by atoms with Gasteiger partial charge in [0.15, 0.2) is 12.4 Å². The number of amides is 1. The minimum atomic E-state index is -3.81. The second kappa shape index (κ2) is 10.6. The van der Waals surface area contributed by atoms with Gasteiger partial charge in [0.25, 0.3) is 5.91 Å². The summed E-state index contributed by atoms with van der Waals surface area (Å²) < 4.78 is 57.3. The normalized spacial score (nSPS) is 14.4. The highest BCUT2D eigenvalue weighted by molar-refractivity contribution is 7.89. The van der Waals surface area contributed by atoms with Crippen molar-refractivity contribution in [2.75, 3.05) is 38.2 Å². The maximum atomic E-state index is 13.3. The van der Waals surface area contributed by atoms with Gasteiger partial charge in [0, 0.05) is 13.1 Å². The van der Waals surface area contributed by atoms with Crippen LogP contribution in [-0.2, 0) is 19.6 Å². The number of hydrogen-bond acceptors (Lipinski definition) is 6. The fourth-order valence-electron chi connectivity index (χ4n) is 3.27. The minimum Gasteiger partial charge on any atom is -0.484 e. The zero-order valence-corrected chi connectivity index (χ0v) is 19.0. The van der Waals surface area contributed by atoms with Crippen LogP contribution in [0.15, 0.2) is 77.7 Å². The molecule has 1 saturated heterocycles. The molecule has 1 N–H and O–H groups in total. The maximum absolute atomic E-state index is 13.3. The van der Waals surface area contributed by atoms with Gasteiger partial charge in [-0.25, -0.2) is 12.8 Å². The van der Waals surface area contributed by atoms with E-state index in [4.69, 9.17) is 14.2 Å². The number of carbonyl (C=O) groups excluding carboxylic acids is 1. The van der Waals surface area contributed by atoms with Crippen LogP contribution >= 0.6 is 0 Å². The molecule has 0 aromatic heterocycles.